The zero-order chi connectivity index (χ0) is 18.5. The van der Waals surface area contributed by atoms with Crippen LogP contribution < -0.4 is 5.56 Å². The normalized spacial score (nSPS) is 15.4. The fourth-order valence-electron chi connectivity index (χ4n) is 3.49. The van der Waals surface area contributed by atoms with Crippen LogP contribution in [0.15, 0.2) is 47.3 Å². The molecule has 1 amide bonds. The molecule has 2 heterocycles. The van der Waals surface area contributed by atoms with E-state index in [9.17, 15) is 9.59 Å². The molecule has 1 aromatic carbocycles. The van der Waals surface area contributed by atoms with Gasteiger partial charge >= 0.3 is 0 Å². The van der Waals surface area contributed by atoms with Gasteiger partial charge < -0.3 is 4.90 Å². The van der Waals surface area contributed by atoms with Crippen molar-refractivity contribution in [3.05, 3.63) is 64.1 Å². The van der Waals surface area contributed by atoms with Gasteiger partial charge in [-0.05, 0) is 42.7 Å². The Balaban J connectivity index is 1.61. The van der Waals surface area contributed by atoms with Gasteiger partial charge in [0.2, 0.25) is 0 Å². The van der Waals surface area contributed by atoms with Gasteiger partial charge in [0.05, 0.1) is 0 Å². The highest BCUT2D eigenvalue weighted by Crippen LogP contribution is 2.22. The van der Waals surface area contributed by atoms with Gasteiger partial charge in [0.15, 0.2) is 0 Å². The average Bonchev–Trinajstić information content (AvgIpc) is 2.64. The summed E-state index contributed by atoms with van der Waals surface area (Å²) in [6.45, 7) is 6.09. The molecular formula is C21H27N3O2. The predicted molar refractivity (Wildman–Crippen MR) is 102 cm³/mol. The van der Waals surface area contributed by atoms with Crippen LogP contribution in [-0.2, 0) is 13.0 Å². The Hall–Kier alpha value is -2.43. The summed E-state index contributed by atoms with van der Waals surface area (Å²) in [7, 11) is 0. The Morgan fingerprint density at radius 1 is 1.12 bits per heavy atom. The predicted octanol–water partition coefficient (Wildman–Crippen LogP) is 2.99. The zero-order valence-corrected chi connectivity index (χ0v) is 15.6. The summed E-state index contributed by atoms with van der Waals surface area (Å²) in [5, 5.41) is 4.29. The molecule has 0 spiro atoms. The van der Waals surface area contributed by atoms with Crippen LogP contribution in [-0.4, -0.2) is 33.7 Å². The van der Waals surface area contributed by atoms with Crippen molar-refractivity contribution < 1.29 is 4.79 Å². The third kappa shape index (κ3) is 4.59. The van der Waals surface area contributed by atoms with Crippen molar-refractivity contribution in [2.24, 2.45) is 11.8 Å². The molecular weight excluding hydrogens is 326 g/mol. The summed E-state index contributed by atoms with van der Waals surface area (Å²) in [5.41, 5.74) is 1.57. The lowest BCUT2D eigenvalue weighted by molar-refractivity contribution is 0.0681. The van der Waals surface area contributed by atoms with Gasteiger partial charge in [-0.3, -0.25) is 9.59 Å². The van der Waals surface area contributed by atoms with E-state index in [1.54, 1.807) is 6.07 Å². The smallest absolute Gasteiger partial charge is 0.274 e. The van der Waals surface area contributed by atoms with Crippen LogP contribution >= 0.6 is 0 Å². The first-order valence-corrected chi connectivity index (χ1v) is 9.44. The van der Waals surface area contributed by atoms with E-state index >= 15 is 0 Å². The van der Waals surface area contributed by atoms with Crippen molar-refractivity contribution in [2.75, 3.05) is 13.1 Å². The third-order valence-corrected chi connectivity index (χ3v) is 4.89. The second-order valence-electron chi connectivity index (χ2n) is 7.56. The molecule has 138 valence electrons. The van der Waals surface area contributed by atoms with Crippen LogP contribution in [0.1, 0.15) is 42.7 Å². The maximum absolute atomic E-state index is 12.8. The van der Waals surface area contributed by atoms with Crippen LogP contribution in [0, 0.1) is 11.8 Å². The lowest BCUT2D eigenvalue weighted by Crippen LogP contribution is -2.40. The lowest BCUT2D eigenvalue weighted by atomic mass is 9.90. The van der Waals surface area contributed by atoms with Gasteiger partial charge in [-0.1, -0.05) is 44.2 Å². The maximum Gasteiger partial charge on any atom is 0.274 e. The Bertz CT molecular complexity index is 790. The summed E-state index contributed by atoms with van der Waals surface area (Å²) < 4.78 is 1.40. The van der Waals surface area contributed by atoms with Crippen molar-refractivity contribution in [1.82, 2.24) is 14.7 Å². The van der Waals surface area contributed by atoms with E-state index in [0.29, 0.717) is 24.1 Å². The quantitative estimate of drug-likeness (QED) is 0.830. The van der Waals surface area contributed by atoms with Crippen LogP contribution in [0.3, 0.4) is 0 Å². The molecule has 0 atom stereocenters. The molecule has 0 aliphatic carbocycles. The van der Waals surface area contributed by atoms with Gasteiger partial charge in [-0.15, -0.1) is 0 Å². The minimum Gasteiger partial charge on any atom is -0.337 e. The monoisotopic (exact) mass is 353 g/mol. The Labute approximate surface area is 154 Å². The number of carbonyl (C=O) groups is 1. The fraction of sp³-hybridized carbons (Fsp3) is 0.476. The standard InChI is InChI=1S/C21H27N3O2/c1-16(2)15-24-20(25)9-8-19(22-24)21(26)23-12-10-18(11-13-23)14-17-6-4-3-5-7-17/h3-9,16,18H,10-15H2,1-2H3. The number of amides is 1. The van der Waals surface area contributed by atoms with Crippen LogP contribution in [0.5, 0.6) is 0 Å². The van der Waals surface area contributed by atoms with Gasteiger partial charge in [-0.2, -0.15) is 5.10 Å². The van der Waals surface area contributed by atoms with Crippen molar-refractivity contribution in [3.8, 4) is 0 Å². The number of carbonyl (C=O) groups excluding carboxylic acids is 1. The first kappa shape index (κ1) is 18.4. The Morgan fingerprint density at radius 3 is 2.46 bits per heavy atom. The molecule has 1 saturated heterocycles. The minimum absolute atomic E-state index is 0.0688. The zero-order valence-electron chi connectivity index (χ0n) is 15.6. The number of hydrogen-bond acceptors (Lipinski definition) is 3. The number of likely N-dealkylation sites (tertiary alicyclic amines) is 1. The van der Waals surface area contributed by atoms with Crippen LogP contribution in [0.4, 0.5) is 0 Å². The molecule has 5 heteroatoms. The van der Waals surface area contributed by atoms with E-state index in [1.165, 1.54) is 16.3 Å². The molecule has 0 radical (unpaired) electrons. The van der Waals surface area contributed by atoms with E-state index in [0.717, 1.165) is 32.4 Å². The number of piperidine rings is 1. The van der Waals surface area contributed by atoms with E-state index in [4.69, 9.17) is 0 Å². The summed E-state index contributed by atoms with van der Waals surface area (Å²) in [5.74, 6) is 0.851. The number of aromatic nitrogens is 2. The van der Waals surface area contributed by atoms with Crippen molar-refractivity contribution in [2.45, 2.75) is 39.7 Å². The minimum atomic E-state index is -0.156. The number of nitrogens with zero attached hydrogens (tertiary/aromatic N) is 3. The molecule has 0 N–H and O–H groups in total. The largest absolute Gasteiger partial charge is 0.337 e. The summed E-state index contributed by atoms with van der Waals surface area (Å²) >= 11 is 0. The van der Waals surface area contributed by atoms with Gasteiger partial charge in [0.25, 0.3) is 11.5 Å². The molecule has 0 saturated carbocycles. The highest BCUT2D eigenvalue weighted by Gasteiger charge is 2.25. The summed E-state index contributed by atoms with van der Waals surface area (Å²) in [6, 6.07) is 13.5. The Morgan fingerprint density at radius 2 is 1.81 bits per heavy atom. The van der Waals surface area contributed by atoms with E-state index in [1.807, 2.05) is 24.8 Å². The average molecular weight is 353 g/mol. The molecule has 0 unspecified atom stereocenters. The van der Waals surface area contributed by atoms with Crippen LogP contribution in [0.25, 0.3) is 0 Å². The third-order valence-electron chi connectivity index (χ3n) is 4.89. The molecule has 26 heavy (non-hydrogen) atoms. The van der Waals surface area contributed by atoms with E-state index in [2.05, 4.69) is 29.4 Å². The SMILES string of the molecule is CC(C)Cn1nc(C(=O)N2CCC(Cc3ccccc3)CC2)ccc1=O. The molecule has 1 aliphatic rings. The van der Waals surface area contributed by atoms with Crippen molar-refractivity contribution in [1.29, 1.82) is 0 Å². The van der Waals surface area contributed by atoms with E-state index < -0.39 is 0 Å². The lowest BCUT2D eigenvalue weighted by Gasteiger charge is -2.32. The van der Waals surface area contributed by atoms with Gasteiger partial charge in [0, 0.05) is 25.7 Å². The molecule has 2 aromatic rings. The first-order chi connectivity index (χ1) is 12.5. The second-order valence-corrected chi connectivity index (χ2v) is 7.56. The van der Waals surface area contributed by atoms with Gasteiger partial charge in [-0.25, -0.2) is 4.68 Å². The summed E-state index contributed by atoms with van der Waals surface area (Å²) in [4.78, 5) is 26.5. The molecule has 5 nitrogen and oxygen atoms in total. The molecule has 3 rings (SSSR count). The van der Waals surface area contributed by atoms with Crippen molar-refractivity contribution >= 4 is 5.91 Å². The van der Waals surface area contributed by atoms with E-state index in [-0.39, 0.29) is 11.5 Å². The van der Waals surface area contributed by atoms with Crippen LogP contribution in [0.2, 0.25) is 0 Å². The molecule has 1 aliphatic heterocycles. The molecule has 1 fully saturated rings. The fourth-order valence-corrected chi connectivity index (χ4v) is 3.49. The topological polar surface area (TPSA) is 55.2 Å². The second kappa shape index (κ2) is 8.30. The highest BCUT2D eigenvalue weighted by atomic mass is 16.2. The summed E-state index contributed by atoms with van der Waals surface area (Å²) in [6.07, 6.45) is 3.08. The highest BCUT2D eigenvalue weighted by molar-refractivity contribution is 5.92. The van der Waals surface area contributed by atoms with Gasteiger partial charge in [0.1, 0.15) is 5.69 Å². The molecule has 1 aromatic heterocycles. The molecule has 0 bridgehead atoms. The number of benzene rings is 1. The maximum atomic E-state index is 12.8. The van der Waals surface area contributed by atoms with Crippen molar-refractivity contribution in [3.63, 3.8) is 0 Å². The Kier molecular flexibility index (Phi) is 5.86. The number of hydrogen-bond donors (Lipinski definition) is 0. The number of rotatable bonds is 5. The first-order valence-electron chi connectivity index (χ1n) is 9.44.